The fourth-order valence-corrected chi connectivity index (χ4v) is 4.44. The third-order valence-electron chi connectivity index (χ3n) is 6.92. The molecule has 0 aliphatic rings. The van der Waals surface area contributed by atoms with Gasteiger partial charge >= 0.3 is 5.97 Å². The largest absolute Gasteiger partial charge is 0.508 e. The second-order valence-corrected chi connectivity index (χ2v) is 11.5. The first-order valence-electron chi connectivity index (χ1n) is 15.1. The number of benzene rings is 2. The van der Waals surface area contributed by atoms with Gasteiger partial charge in [0.05, 0.1) is 25.2 Å². The molecular formula is C32H44N6O9. The smallest absolute Gasteiger partial charge is 0.328 e. The van der Waals surface area contributed by atoms with E-state index in [1.54, 1.807) is 56.3 Å². The average molecular weight is 657 g/mol. The Labute approximate surface area is 272 Å². The van der Waals surface area contributed by atoms with Crippen molar-refractivity contribution in [1.82, 2.24) is 26.6 Å². The summed E-state index contributed by atoms with van der Waals surface area (Å²) >= 11 is 0. The molecule has 10 N–H and O–H groups in total. The molecule has 0 aromatic heterocycles. The van der Waals surface area contributed by atoms with Crippen molar-refractivity contribution >= 4 is 35.5 Å². The molecule has 256 valence electrons. The number of aromatic hydroxyl groups is 1. The average Bonchev–Trinajstić information content (AvgIpc) is 3.01. The van der Waals surface area contributed by atoms with E-state index in [-0.39, 0.29) is 30.9 Å². The maximum atomic E-state index is 13.4. The number of aliphatic hydroxyl groups is 1. The quantitative estimate of drug-likeness (QED) is 0.0918. The number of hydrogen-bond donors (Lipinski definition) is 9. The second kappa shape index (κ2) is 18.8. The van der Waals surface area contributed by atoms with Crippen molar-refractivity contribution in [1.29, 1.82) is 0 Å². The standard InChI is InChI=1S/C32H44N6O9/c1-18(2)13-24(31(45)38-28(19(3)39)32(46)47)37-30(44)25(15-20-7-5-4-6-8-20)36-27(42)17-34-26(41)16-35-29(43)23(33)14-21-9-11-22(40)12-10-21/h4-12,18-19,23-25,28,39-40H,13-17,33H2,1-3H3,(H,34,41)(H,35,43)(H,36,42)(H,37,44)(H,38,45)(H,46,47)/t19-,23+,24+,25+,28+/m1/s1. The van der Waals surface area contributed by atoms with E-state index in [1.807, 2.05) is 0 Å². The predicted molar refractivity (Wildman–Crippen MR) is 171 cm³/mol. The van der Waals surface area contributed by atoms with Gasteiger partial charge in [0.15, 0.2) is 6.04 Å². The molecule has 0 spiro atoms. The fraction of sp³-hybridized carbons (Fsp3) is 0.438. The summed E-state index contributed by atoms with van der Waals surface area (Å²) in [6, 6.07) is 9.97. The van der Waals surface area contributed by atoms with Crippen molar-refractivity contribution in [2.45, 2.75) is 70.3 Å². The number of phenols is 1. The lowest BCUT2D eigenvalue weighted by Crippen LogP contribution is -2.58. The Bertz CT molecular complexity index is 1370. The van der Waals surface area contributed by atoms with Gasteiger partial charge in [-0.2, -0.15) is 0 Å². The van der Waals surface area contributed by atoms with E-state index in [1.165, 1.54) is 19.1 Å². The zero-order valence-corrected chi connectivity index (χ0v) is 26.6. The molecule has 0 fully saturated rings. The summed E-state index contributed by atoms with van der Waals surface area (Å²) in [5, 5.41) is 40.6. The van der Waals surface area contributed by atoms with E-state index in [4.69, 9.17) is 5.73 Å². The highest BCUT2D eigenvalue weighted by atomic mass is 16.4. The Balaban J connectivity index is 2.01. The van der Waals surface area contributed by atoms with Crippen LogP contribution in [-0.2, 0) is 41.6 Å². The minimum absolute atomic E-state index is 0.0305. The summed E-state index contributed by atoms with van der Waals surface area (Å²) in [5.41, 5.74) is 7.30. The van der Waals surface area contributed by atoms with Crippen LogP contribution in [0.1, 0.15) is 38.3 Å². The monoisotopic (exact) mass is 656 g/mol. The van der Waals surface area contributed by atoms with Gasteiger partial charge in [0.25, 0.3) is 0 Å². The van der Waals surface area contributed by atoms with Crippen LogP contribution >= 0.6 is 0 Å². The van der Waals surface area contributed by atoms with Gasteiger partial charge in [0.1, 0.15) is 17.8 Å². The molecule has 5 atom stereocenters. The molecule has 0 unspecified atom stereocenters. The van der Waals surface area contributed by atoms with Gasteiger partial charge in [-0.1, -0.05) is 56.3 Å². The molecule has 15 nitrogen and oxygen atoms in total. The minimum Gasteiger partial charge on any atom is -0.508 e. The van der Waals surface area contributed by atoms with Crippen molar-refractivity contribution in [2.75, 3.05) is 13.1 Å². The Hall–Kier alpha value is -5.02. The first-order valence-corrected chi connectivity index (χ1v) is 15.1. The van der Waals surface area contributed by atoms with Gasteiger partial charge < -0.3 is 47.6 Å². The van der Waals surface area contributed by atoms with Crippen LogP contribution in [0.2, 0.25) is 0 Å². The molecule has 15 heteroatoms. The first-order chi connectivity index (χ1) is 22.2. The summed E-state index contributed by atoms with van der Waals surface area (Å²) in [7, 11) is 0. The van der Waals surface area contributed by atoms with Crippen LogP contribution in [0.4, 0.5) is 0 Å². The number of carboxylic acids is 1. The van der Waals surface area contributed by atoms with Crippen LogP contribution in [0.5, 0.6) is 5.75 Å². The van der Waals surface area contributed by atoms with Gasteiger partial charge in [-0.25, -0.2) is 4.79 Å². The highest BCUT2D eigenvalue weighted by Gasteiger charge is 2.32. The number of carboxylic acid groups (broad SMARTS) is 1. The third kappa shape index (κ3) is 13.9. The maximum Gasteiger partial charge on any atom is 0.328 e. The SMILES string of the molecule is CC(C)C[C@H](NC(=O)[C@H](Cc1ccccc1)NC(=O)CNC(=O)CNC(=O)[C@@H](N)Cc1ccc(O)cc1)C(=O)N[C@H](C(=O)O)[C@@H](C)O. The summed E-state index contributed by atoms with van der Waals surface area (Å²) in [5.74, 6) is -5.03. The molecule has 5 amide bonds. The molecule has 2 aromatic rings. The summed E-state index contributed by atoms with van der Waals surface area (Å²) in [6.07, 6.45) is -1.07. The molecule has 0 aliphatic heterocycles. The zero-order chi connectivity index (χ0) is 35.1. The Morgan fingerprint density at radius 3 is 1.85 bits per heavy atom. The van der Waals surface area contributed by atoms with Gasteiger partial charge in [0, 0.05) is 6.42 Å². The van der Waals surface area contributed by atoms with Crippen LogP contribution in [0.3, 0.4) is 0 Å². The van der Waals surface area contributed by atoms with E-state index in [0.717, 1.165) is 0 Å². The van der Waals surface area contributed by atoms with Crippen molar-refractivity contribution in [3.63, 3.8) is 0 Å². The number of rotatable bonds is 18. The first kappa shape index (κ1) is 38.2. The molecule has 0 aliphatic carbocycles. The lowest BCUT2D eigenvalue weighted by molar-refractivity contribution is -0.145. The molecule has 0 heterocycles. The lowest BCUT2D eigenvalue weighted by Gasteiger charge is -2.26. The number of amides is 5. The van der Waals surface area contributed by atoms with Crippen molar-refractivity contribution in [3.8, 4) is 5.75 Å². The highest BCUT2D eigenvalue weighted by Crippen LogP contribution is 2.11. The lowest BCUT2D eigenvalue weighted by atomic mass is 10.0. The van der Waals surface area contributed by atoms with Crippen molar-refractivity contribution in [2.24, 2.45) is 11.7 Å². The highest BCUT2D eigenvalue weighted by molar-refractivity contribution is 5.95. The fourth-order valence-electron chi connectivity index (χ4n) is 4.44. The number of aliphatic carboxylic acids is 1. The molecule has 0 radical (unpaired) electrons. The maximum absolute atomic E-state index is 13.4. The molecule has 0 bridgehead atoms. The third-order valence-corrected chi connectivity index (χ3v) is 6.92. The second-order valence-electron chi connectivity index (χ2n) is 11.5. The molecule has 47 heavy (non-hydrogen) atoms. The number of nitrogens with one attached hydrogen (secondary N) is 5. The van der Waals surface area contributed by atoms with E-state index in [9.17, 15) is 44.1 Å². The van der Waals surface area contributed by atoms with Crippen LogP contribution in [0.15, 0.2) is 54.6 Å². The summed E-state index contributed by atoms with van der Waals surface area (Å²) < 4.78 is 0. The Morgan fingerprint density at radius 1 is 0.702 bits per heavy atom. The predicted octanol–water partition coefficient (Wildman–Crippen LogP) is -1.30. The van der Waals surface area contributed by atoms with E-state index in [2.05, 4.69) is 26.6 Å². The molecule has 0 saturated carbocycles. The van der Waals surface area contributed by atoms with Crippen molar-refractivity contribution < 1.29 is 44.1 Å². The van der Waals surface area contributed by atoms with E-state index >= 15 is 0 Å². The van der Waals surface area contributed by atoms with Gasteiger partial charge in [-0.3, -0.25) is 24.0 Å². The van der Waals surface area contributed by atoms with Crippen LogP contribution in [0, 0.1) is 5.92 Å². The van der Waals surface area contributed by atoms with Crippen LogP contribution < -0.4 is 32.3 Å². The van der Waals surface area contributed by atoms with Crippen LogP contribution in [0.25, 0.3) is 0 Å². The zero-order valence-electron chi connectivity index (χ0n) is 26.6. The van der Waals surface area contributed by atoms with Gasteiger partial charge in [-0.05, 0) is 48.9 Å². The van der Waals surface area contributed by atoms with Gasteiger partial charge in [-0.15, -0.1) is 0 Å². The summed E-state index contributed by atoms with van der Waals surface area (Å²) in [4.78, 5) is 75.4. The van der Waals surface area contributed by atoms with Crippen LogP contribution in [-0.4, -0.2) is 94.2 Å². The molecular weight excluding hydrogens is 612 g/mol. The number of nitrogens with two attached hydrogens (primary N) is 1. The Kier molecular flexibility index (Phi) is 15.3. The number of carbonyl (C=O) groups excluding carboxylic acids is 5. The number of aliphatic hydroxyl groups excluding tert-OH is 1. The topological polar surface area (TPSA) is 249 Å². The molecule has 2 rings (SSSR count). The van der Waals surface area contributed by atoms with E-state index in [0.29, 0.717) is 11.1 Å². The number of hydrogen-bond acceptors (Lipinski definition) is 9. The number of carbonyl (C=O) groups is 6. The van der Waals surface area contributed by atoms with Gasteiger partial charge in [0.2, 0.25) is 29.5 Å². The molecule has 0 saturated heterocycles. The van der Waals surface area contributed by atoms with Crippen molar-refractivity contribution in [3.05, 3.63) is 65.7 Å². The normalized spacial score (nSPS) is 14.1. The number of phenolic OH excluding ortho intramolecular Hbond substituents is 1. The molecule has 2 aromatic carbocycles. The van der Waals surface area contributed by atoms with E-state index < -0.39 is 78.9 Å². The Morgan fingerprint density at radius 2 is 1.28 bits per heavy atom. The summed E-state index contributed by atoms with van der Waals surface area (Å²) in [6.45, 7) is 3.82. The minimum atomic E-state index is -1.60.